The minimum atomic E-state index is -0.300. The molecular weight excluding hydrogens is 288 g/mol. The fourth-order valence-corrected chi connectivity index (χ4v) is 1.81. The molecule has 0 saturated carbocycles. The van der Waals surface area contributed by atoms with E-state index in [1.165, 1.54) is 4.57 Å². The lowest BCUT2D eigenvalue weighted by Gasteiger charge is -2.10. The Labute approximate surface area is 106 Å². The second-order valence-electron chi connectivity index (χ2n) is 3.76. The Hall–Kier alpha value is -1.50. The molecule has 0 N–H and O–H groups in total. The molecule has 0 aliphatic heterocycles. The van der Waals surface area contributed by atoms with Gasteiger partial charge in [0, 0.05) is 5.69 Å². The van der Waals surface area contributed by atoms with Crippen LogP contribution in [0.1, 0.15) is 22.8 Å². The molecule has 0 unspecified atom stereocenters. The normalized spacial score (nSPS) is 10.8. The summed E-state index contributed by atoms with van der Waals surface area (Å²) in [4.78, 5) is 15.7. The van der Waals surface area contributed by atoms with E-state index in [4.69, 9.17) is 0 Å². The zero-order chi connectivity index (χ0) is 12.6. The van der Waals surface area contributed by atoms with E-state index in [1.807, 2.05) is 6.92 Å². The van der Waals surface area contributed by atoms with Gasteiger partial charge in [-0.1, -0.05) is 10.3 Å². The van der Waals surface area contributed by atoms with Crippen LogP contribution in [0.2, 0.25) is 0 Å². The van der Waals surface area contributed by atoms with Gasteiger partial charge >= 0.3 is 5.69 Å². The molecule has 2 heterocycles. The molecule has 17 heavy (non-hydrogen) atoms. The Balaban J connectivity index is 2.51. The number of aryl methyl sites for hydroxylation is 2. The van der Waals surface area contributed by atoms with Gasteiger partial charge in [-0.15, -0.1) is 0 Å². The first-order valence-electron chi connectivity index (χ1n) is 5.02. The van der Waals surface area contributed by atoms with Crippen LogP contribution in [0, 0.1) is 20.8 Å². The first-order chi connectivity index (χ1) is 8.00. The molecule has 0 aromatic carbocycles. The molecular formula is C10H11BrN4O2. The van der Waals surface area contributed by atoms with E-state index in [1.54, 1.807) is 13.8 Å². The van der Waals surface area contributed by atoms with E-state index in [0.717, 1.165) is 10.2 Å². The predicted octanol–water partition coefficient (Wildman–Crippen LogP) is 1.36. The summed E-state index contributed by atoms with van der Waals surface area (Å²) in [5.41, 5.74) is 2.50. The summed E-state index contributed by atoms with van der Waals surface area (Å²) in [5.74, 6) is 0. The van der Waals surface area contributed by atoms with Crippen LogP contribution < -0.4 is 5.69 Å². The summed E-state index contributed by atoms with van der Waals surface area (Å²) in [6.07, 6.45) is 0. The maximum absolute atomic E-state index is 11.8. The van der Waals surface area contributed by atoms with Crippen molar-refractivity contribution in [2.45, 2.75) is 27.3 Å². The lowest BCUT2D eigenvalue weighted by Crippen LogP contribution is -2.27. The van der Waals surface area contributed by atoms with Gasteiger partial charge in [0.1, 0.15) is 11.4 Å². The van der Waals surface area contributed by atoms with Gasteiger partial charge in [-0.2, -0.15) is 4.98 Å². The van der Waals surface area contributed by atoms with Gasteiger partial charge in [-0.25, -0.2) is 9.42 Å². The fourth-order valence-electron chi connectivity index (χ4n) is 1.51. The maximum Gasteiger partial charge on any atom is 0.348 e. The molecule has 0 bridgehead atoms. The van der Waals surface area contributed by atoms with E-state index in [9.17, 15) is 4.79 Å². The smallest absolute Gasteiger partial charge is 0.289 e. The second-order valence-corrected chi connectivity index (χ2v) is 4.55. The van der Waals surface area contributed by atoms with Crippen molar-refractivity contribution >= 4 is 15.9 Å². The van der Waals surface area contributed by atoms with Crippen molar-refractivity contribution in [1.29, 1.82) is 0 Å². The first-order valence-corrected chi connectivity index (χ1v) is 5.81. The van der Waals surface area contributed by atoms with Crippen molar-refractivity contribution in [1.82, 2.24) is 19.9 Å². The zero-order valence-electron chi connectivity index (χ0n) is 9.69. The third kappa shape index (κ3) is 2.14. The molecule has 2 rings (SSSR count). The molecule has 2 aromatic heterocycles. The van der Waals surface area contributed by atoms with E-state index >= 15 is 0 Å². The SMILES string of the molecule is Cc1nonc1Cn1c(C)c(Br)c(C)nc1=O. The molecule has 90 valence electrons. The predicted molar refractivity (Wildman–Crippen MR) is 63.8 cm³/mol. The van der Waals surface area contributed by atoms with Crippen LogP contribution >= 0.6 is 15.9 Å². The minimum Gasteiger partial charge on any atom is -0.289 e. The molecule has 2 aromatic rings. The van der Waals surface area contributed by atoms with E-state index in [2.05, 4.69) is 35.9 Å². The van der Waals surface area contributed by atoms with Crippen molar-refractivity contribution in [2.75, 3.05) is 0 Å². The van der Waals surface area contributed by atoms with Gasteiger partial charge in [0.05, 0.1) is 16.7 Å². The highest BCUT2D eigenvalue weighted by atomic mass is 79.9. The molecule has 0 fully saturated rings. The lowest BCUT2D eigenvalue weighted by molar-refractivity contribution is 0.300. The third-order valence-corrected chi connectivity index (χ3v) is 3.74. The van der Waals surface area contributed by atoms with Gasteiger partial charge in [0.25, 0.3) is 0 Å². The van der Waals surface area contributed by atoms with E-state index in [-0.39, 0.29) is 5.69 Å². The molecule has 0 atom stereocenters. The van der Waals surface area contributed by atoms with Crippen LogP contribution in [0.4, 0.5) is 0 Å². The largest absolute Gasteiger partial charge is 0.348 e. The van der Waals surface area contributed by atoms with Gasteiger partial charge in [-0.05, 0) is 36.7 Å². The molecule has 7 heteroatoms. The molecule has 0 radical (unpaired) electrons. The van der Waals surface area contributed by atoms with Crippen LogP contribution in [0.25, 0.3) is 0 Å². The number of nitrogens with zero attached hydrogens (tertiary/aromatic N) is 4. The summed E-state index contributed by atoms with van der Waals surface area (Å²) in [6, 6.07) is 0. The van der Waals surface area contributed by atoms with Crippen molar-refractivity contribution in [3.05, 3.63) is 37.7 Å². The van der Waals surface area contributed by atoms with Crippen LogP contribution in [0.3, 0.4) is 0 Å². The average Bonchev–Trinajstić information content (AvgIpc) is 2.67. The minimum absolute atomic E-state index is 0.300. The van der Waals surface area contributed by atoms with Crippen LogP contribution in [0.15, 0.2) is 13.9 Å². The number of aromatic nitrogens is 4. The van der Waals surface area contributed by atoms with Gasteiger partial charge < -0.3 is 0 Å². The van der Waals surface area contributed by atoms with Gasteiger partial charge in [-0.3, -0.25) is 4.57 Å². The van der Waals surface area contributed by atoms with E-state index in [0.29, 0.717) is 23.6 Å². The number of hydrogen-bond acceptors (Lipinski definition) is 5. The average molecular weight is 299 g/mol. The summed E-state index contributed by atoms with van der Waals surface area (Å²) >= 11 is 3.41. The van der Waals surface area contributed by atoms with Gasteiger partial charge in [0.2, 0.25) is 0 Å². The van der Waals surface area contributed by atoms with Crippen molar-refractivity contribution in [3.8, 4) is 0 Å². The fraction of sp³-hybridized carbons (Fsp3) is 0.400. The van der Waals surface area contributed by atoms with Crippen LogP contribution in [0.5, 0.6) is 0 Å². The Kier molecular flexibility index (Phi) is 3.10. The lowest BCUT2D eigenvalue weighted by atomic mass is 10.3. The Morgan fingerprint density at radius 2 is 1.94 bits per heavy atom. The summed E-state index contributed by atoms with van der Waals surface area (Å²) in [7, 11) is 0. The molecule has 0 spiro atoms. The van der Waals surface area contributed by atoms with E-state index < -0.39 is 0 Å². The Morgan fingerprint density at radius 3 is 2.53 bits per heavy atom. The molecule has 6 nitrogen and oxygen atoms in total. The van der Waals surface area contributed by atoms with Crippen molar-refractivity contribution in [2.24, 2.45) is 0 Å². The Morgan fingerprint density at radius 1 is 1.24 bits per heavy atom. The van der Waals surface area contributed by atoms with Crippen molar-refractivity contribution < 1.29 is 4.63 Å². The van der Waals surface area contributed by atoms with Crippen LogP contribution in [-0.2, 0) is 6.54 Å². The summed E-state index contributed by atoms with van der Waals surface area (Å²) in [5, 5.41) is 7.43. The third-order valence-electron chi connectivity index (χ3n) is 2.59. The quantitative estimate of drug-likeness (QED) is 0.837. The zero-order valence-corrected chi connectivity index (χ0v) is 11.3. The highest BCUT2D eigenvalue weighted by molar-refractivity contribution is 9.10. The highest BCUT2D eigenvalue weighted by Gasteiger charge is 2.13. The monoisotopic (exact) mass is 298 g/mol. The van der Waals surface area contributed by atoms with Crippen molar-refractivity contribution in [3.63, 3.8) is 0 Å². The molecule has 0 aliphatic carbocycles. The van der Waals surface area contributed by atoms with Gasteiger partial charge in [0.15, 0.2) is 0 Å². The maximum atomic E-state index is 11.8. The summed E-state index contributed by atoms with van der Waals surface area (Å²) < 4.78 is 6.96. The highest BCUT2D eigenvalue weighted by Crippen LogP contribution is 2.17. The Bertz CT molecular complexity index is 617. The first kappa shape index (κ1) is 12.0. The number of rotatable bonds is 2. The van der Waals surface area contributed by atoms with Crippen LogP contribution in [-0.4, -0.2) is 19.9 Å². The topological polar surface area (TPSA) is 73.8 Å². The second kappa shape index (κ2) is 4.40. The molecule has 0 aliphatic rings. The molecule has 0 amide bonds. The summed E-state index contributed by atoms with van der Waals surface area (Å²) in [6.45, 7) is 5.73. The standard InChI is InChI=1S/C10H11BrN4O2/c1-5-8(14-17-13-5)4-15-7(3)9(11)6(2)12-10(15)16/h4H2,1-3H3. The number of halogens is 1. The number of hydrogen-bond donors (Lipinski definition) is 0. The molecule has 0 saturated heterocycles.